The third kappa shape index (κ3) is 3.62. The summed E-state index contributed by atoms with van der Waals surface area (Å²) in [6, 6.07) is 0. The van der Waals surface area contributed by atoms with Crippen LogP contribution in [0.3, 0.4) is 0 Å². The van der Waals surface area contributed by atoms with Gasteiger partial charge in [-0.25, -0.2) is 0 Å². The average Bonchev–Trinajstić information content (AvgIpc) is 2.41. The van der Waals surface area contributed by atoms with E-state index in [1.165, 1.54) is 0 Å². The maximum Gasteiger partial charge on any atom is 0.320 e. The van der Waals surface area contributed by atoms with Crippen LogP contribution in [0.2, 0.25) is 0 Å². The first-order valence-electron chi connectivity index (χ1n) is 8.20. The zero-order chi connectivity index (χ0) is 17.1. The van der Waals surface area contributed by atoms with Gasteiger partial charge in [-0.1, -0.05) is 33.6 Å². The summed E-state index contributed by atoms with van der Waals surface area (Å²) in [7, 11) is 2.07. The van der Waals surface area contributed by atoms with Crippen molar-refractivity contribution < 1.29 is 19.4 Å². The number of carbonyl (C=O) groups excluding carboxylic acids is 1. The van der Waals surface area contributed by atoms with E-state index >= 15 is 0 Å². The lowest BCUT2D eigenvalue weighted by atomic mass is 9.66. The van der Waals surface area contributed by atoms with Crippen LogP contribution in [-0.4, -0.2) is 47.2 Å². The van der Waals surface area contributed by atoms with Crippen LogP contribution < -0.4 is 0 Å². The van der Waals surface area contributed by atoms with Gasteiger partial charge in [-0.15, -0.1) is 0 Å². The van der Waals surface area contributed by atoms with Crippen molar-refractivity contribution in [3.63, 3.8) is 0 Å². The van der Waals surface area contributed by atoms with Gasteiger partial charge in [-0.05, 0) is 33.7 Å². The van der Waals surface area contributed by atoms with E-state index in [9.17, 15) is 14.7 Å². The van der Waals surface area contributed by atoms with Gasteiger partial charge in [-0.3, -0.25) is 9.59 Å². The number of likely N-dealkylation sites (tertiary alicyclic amines) is 1. The molecule has 1 fully saturated rings. The molecule has 2 unspecified atom stereocenters. The van der Waals surface area contributed by atoms with Crippen LogP contribution in [0.15, 0.2) is 0 Å². The van der Waals surface area contributed by atoms with Gasteiger partial charge in [0.15, 0.2) is 5.92 Å². The fourth-order valence-electron chi connectivity index (χ4n) is 3.02. The largest absolute Gasteiger partial charge is 0.481 e. The molecule has 1 rings (SSSR count). The summed E-state index contributed by atoms with van der Waals surface area (Å²) >= 11 is 0. The summed E-state index contributed by atoms with van der Waals surface area (Å²) < 4.78 is 5.66. The third-order valence-electron chi connectivity index (χ3n) is 5.75. The Balaban J connectivity index is 2.84. The van der Waals surface area contributed by atoms with Crippen LogP contribution in [0.1, 0.15) is 60.3 Å². The third-order valence-corrected chi connectivity index (χ3v) is 5.75. The second-order valence-corrected chi connectivity index (χ2v) is 7.45. The monoisotopic (exact) mass is 313 g/mol. The molecule has 0 saturated carbocycles. The number of ether oxygens (including phenoxy) is 1. The quantitative estimate of drug-likeness (QED) is 0.603. The highest BCUT2D eigenvalue weighted by Gasteiger charge is 2.51. The van der Waals surface area contributed by atoms with Crippen LogP contribution >= 0.6 is 0 Å². The number of nitrogens with zero attached hydrogens (tertiary/aromatic N) is 1. The number of esters is 1. The molecule has 0 aromatic heterocycles. The highest BCUT2D eigenvalue weighted by Crippen LogP contribution is 2.44. The van der Waals surface area contributed by atoms with E-state index < -0.39 is 17.9 Å². The fourth-order valence-corrected chi connectivity index (χ4v) is 3.02. The second-order valence-electron chi connectivity index (χ2n) is 7.45. The Morgan fingerprint density at radius 3 is 2.41 bits per heavy atom. The molecule has 0 aliphatic carbocycles. The van der Waals surface area contributed by atoms with Gasteiger partial charge in [0.1, 0.15) is 6.10 Å². The van der Waals surface area contributed by atoms with Crippen LogP contribution in [0, 0.1) is 11.3 Å². The number of rotatable bonds is 6. The fraction of sp³-hybridized carbons (Fsp3) is 0.882. The Hall–Kier alpha value is -1.10. The van der Waals surface area contributed by atoms with E-state index in [1.807, 2.05) is 6.92 Å². The minimum Gasteiger partial charge on any atom is -0.481 e. The van der Waals surface area contributed by atoms with E-state index in [0.717, 1.165) is 19.4 Å². The predicted molar refractivity (Wildman–Crippen MR) is 85.6 cm³/mol. The molecule has 1 aliphatic heterocycles. The van der Waals surface area contributed by atoms with E-state index in [1.54, 1.807) is 0 Å². The molecule has 1 saturated heterocycles. The molecule has 1 N–H and O–H groups in total. The van der Waals surface area contributed by atoms with Crippen molar-refractivity contribution in [3.05, 3.63) is 0 Å². The lowest BCUT2D eigenvalue weighted by Crippen LogP contribution is -2.62. The van der Waals surface area contributed by atoms with Crippen molar-refractivity contribution in [3.8, 4) is 0 Å². The number of unbranched alkanes of at least 4 members (excludes halogenated alkanes) is 1. The molecular formula is C17H31NO4. The molecule has 1 heterocycles. The lowest BCUT2D eigenvalue weighted by Gasteiger charge is -2.55. The number of hydrogen-bond acceptors (Lipinski definition) is 4. The van der Waals surface area contributed by atoms with Crippen molar-refractivity contribution in [2.45, 2.75) is 71.9 Å². The van der Waals surface area contributed by atoms with E-state index in [-0.39, 0.29) is 17.1 Å². The lowest BCUT2D eigenvalue weighted by molar-refractivity contribution is -0.179. The Morgan fingerprint density at radius 1 is 1.32 bits per heavy atom. The first kappa shape index (κ1) is 18.9. The summed E-state index contributed by atoms with van der Waals surface area (Å²) in [5.74, 6) is -2.71. The highest BCUT2D eigenvalue weighted by atomic mass is 16.5. The molecule has 0 aromatic rings. The molecular weight excluding hydrogens is 282 g/mol. The summed E-state index contributed by atoms with van der Waals surface area (Å²) in [6.07, 6.45) is 2.41. The Kier molecular flexibility index (Phi) is 6.02. The van der Waals surface area contributed by atoms with Crippen LogP contribution in [0.25, 0.3) is 0 Å². The highest BCUT2D eigenvalue weighted by molar-refractivity contribution is 5.93. The smallest absolute Gasteiger partial charge is 0.320 e. The number of piperidine rings is 1. The molecule has 0 bridgehead atoms. The predicted octanol–water partition coefficient (Wildman–Crippen LogP) is 2.93. The number of hydrogen-bond donors (Lipinski definition) is 1. The molecule has 0 spiro atoms. The van der Waals surface area contributed by atoms with Gasteiger partial charge < -0.3 is 14.7 Å². The Labute approximate surface area is 134 Å². The average molecular weight is 313 g/mol. The molecule has 0 amide bonds. The molecule has 128 valence electrons. The molecule has 22 heavy (non-hydrogen) atoms. The zero-order valence-electron chi connectivity index (χ0n) is 14.8. The second kappa shape index (κ2) is 6.99. The SMILES string of the molecule is CCCCC(C(=O)O)C(=O)OC1CCN(C)C(C)(C)C1(C)C. The van der Waals surface area contributed by atoms with Crippen molar-refractivity contribution in [1.82, 2.24) is 4.90 Å². The van der Waals surface area contributed by atoms with Crippen molar-refractivity contribution >= 4 is 11.9 Å². The minimum atomic E-state index is -1.08. The summed E-state index contributed by atoms with van der Waals surface area (Å²) in [5, 5.41) is 9.27. The molecule has 5 heteroatoms. The first-order chi connectivity index (χ1) is 10.1. The summed E-state index contributed by atoms with van der Waals surface area (Å²) in [4.78, 5) is 25.9. The van der Waals surface area contributed by atoms with Crippen LogP contribution in [-0.2, 0) is 14.3 Å². The molecule has 0 radical (unpaired) electrons. The number of aliphatic carboxylic acids is 1. The number of carbonyl (C=O) groups is 2. The Bertz CT molecular complexity index is 417. The first-order valence-corrected chi connectivity index (χ1v) is 8.20. The normalized spacial score (nSPS) is 25.5. The standard InChI is InChI=1S/C17H31NO4/c1-7-8-9-12(14(19)20)15(21)22-13-10-11-18(6)17(4,5)16(13,2)3/h12-13H,7-11H2,1-6H3,(H,19,20). The number of carboxylic acids is 1. The van der Waals surface area contributed by atoms with Gasteiger partial charge in [0.05, 0.1) is 0 Å². The van der Waals surface area contributed by atoms with E-state index in [4.69, 9.17) is 4.74 Å². The summed E-state index contributed by atoms with van der Waals surface area (Å²) in [5.41, 5.74) is -0.373. The van der Waals surface area contributed by atoms with E-state index in [0.29, 0.717) is 12.8 Å². The van der Waals surface area contributed by atoms with Gasteiger partial charge in [0, 0.05) is 17.5 Å². The van der Waals surface area contributed by atoms with Crippen LogP contribution in [0.5, 0.6) is 0 Å². The van der Waals surface area contributed by atoms with Gasteiger partial charge in [0.25, 0.3) is 0 Å². The topological polar surface area (TPSA) is 66.8 Å². The molecule has 2 atom stereocenters. The van der Waals surface area contributed by atoms with Crippen molar-refractivity contribution in [1.29, 1.82) is 0 Å². The van der Waals surface area contributed by atoms with Gasteiger partial charge in [-0.2, -0.15) is 0 Å². The van der Waals surface area contributed by atoms with Gasteiger partial charge in [0.2, 0.25) is 0 Å². The Morgan fingerprint density at radius 2 is 1.91 bits per heavy atom. The van der Waals surface area contributed by atoms with Crippen molar-refractivity contribution in [2.75, 3.05) is 13.6 Å². The maximum atomic E-state index is 12.3. The van der Waals surface area contributed by atoms with Crippen LogP contribution in [0.4, 0.5) is 0 Å². The van der Waals surface area contributed by atoms with Gasteiger partial charge >= 0.3 is 11.9 Å². The number of carboxylic acid groups (broad SMARTS) is 1. The molecule has 0 aromatic carbocycles. The van der Waals surface area contributed by atoms with Crippen molar-refractivity contribution in [2.24, 2.45) is 11.3 Å². The van der Waals surface area contributed by atoms with E-state index in [2.05, 4.69) is 39.6 Å². The summed E-state index contributed by atoms with van der Waals surface area (Å²) in [6.45, 7) is 11.3. The molecule has 1 aliphatic rings. The molecule has 5 nitrogen and oxygen atoms in total. The zero-order valence-corrected chi connectivity index (χ0v) is 14.8. The minimum absolute atomic E-state index is 0.127. The maximum absolute atomic E-state index is 12.3.